The molecule has 10 atom stereocenters. The van der Waals surface area contributed by atoms with Crippen LogP contribution in [0, 0.1) is 5.92 Å². The van der Waals surface area contributed by atoms with Crippen molar-refractivity contribution < 1.29 is 48.6 Å². The molecule has 2 aliphatic heterocycles. The molecule has 0 unspecified atom stereocenters. The fraction of sp³-hybridized carbons (Fsp3) is 0.659. The highest BCUT2D eigenvalue weighted by atomic mass is 32.1. The maximum absolute atomic E-state index is 13.9. The van der Waals surface area contributed by atoms with Gasteiger partial charge in [0, 0.05) is 18.7 Å². The maximum atomic E-state index is 13.9. The lowest BCUT2D eigenvalue weighted by atomic mass is 9.97. The van der Waals surface area contributed by atoms with Crippen LogP contribution >= 0.6 is 12.6 Å². The number of thiol groups is 1. The number of rotatable bonds is 25. The van der Waals surface area contributed by atoms with Crippen molar-refractivity contribution in [3.05, 3.63) is 35.9 Å². The number of nitrogens with one attached hydrogen (secondary N) is 7. The average Bonchev–Trinajstić information content (AvgIpc) is 3.98. The minimum Gasteiger partial charge on any atom is -0.394 e. The molecule has 2 fully saturated rings. The van der Waals surface area contributed by atoms with E-state index in [4.69, 9.17) is 5.73 Å². The molecule has 2 heterocycles. The van der Waals surface area contributed by atoms with Gasteiger partial charge in [-0.15, -0.1) is 0 Å². The second-order valence-electron chi connectivity index (χ2n) is 15.7. The van der Waals surface area contributed by atoms with Crippen molar-refractivity contribution in [1.29, 1.82) is 0 Å². The second kappa shape index (κ2) is 26.0. The van der Waals surface area contributed by atoms with E-state index < -0.39 is 96.5 Å². The van der Waals surface area contributed by atoms with Crippen LogP contribution in [0.2, 0.25) is 0 Å². The summed E-state index contributed by atoms with van der Waals surface area (Å²) in [7, 11) is 0. The van der Waals surface area contributed by atoms with Crippen LogP contribution in [-0.2, 0) is 44.8 Å². The fourth-order valence-electron chi connectivity index (χ4n) is 7.18. The molecule has 3 rings (SSSR count). The Morgan fingerprint density at radius 1 is 0.836 bits per heavy atom. The number of amides is 7. The molecule has 20 heteroatoms. The molecule has 1 aromatic carbocycles. The minimum absolute atomic E-state index is 0.113. The summed E-state index contributed by atoms with van der Waals surface area (Å²) in [4.78, 5) is 108. The van der Waals surface area contributed by atoms with Crippen LogP contribution in [-0.4, -0.2) is 149 Å². The lowest BCUT2D eigenvalue weighted by molar-refractivity contribution is -0.141. The largest absolute Gasteiger partial charge is 0.394 e. The quantitative estimate of drug-likeness (QED) is 0.0278. The monoisotopic (exact) mass is 875 g/mol. The SMILES string of the molecule is CC[C@H](C)[C@H](NC(=O)[C@H](CO)NC(=O)[C@H](Cc1ccccc1)NC(=O)[C@@H](NC(=O)[C@H](CS)NC(=O)[C@H](CCCCN)NC(=O)[C@@H]1CCCN1)[C@@H](C)O)C(=O)N1CCC[C@H]1C=O. The van der Waals surface area contributed by atoms with Gasteiger partial charge in [-0.05, 0) is 76.4 Å². The molecule has 0 radical (unpaired) electrons. The number of hydrogen-bond acceptors (Lipinski definition) is 13. The van der Waals surface area contributed by atoms with Crippen LogP contribution in [0.1, 0.15) is 77.7 Å². The Morgan fingerprint density at radius 2 is 1.46 bits per heavy atom. The van der Waals surface area contributed by atoms with Crippen LogP contribution in [0.3, 0.4) is 0 Å². The first-order valence-corrected chi connectivity index (χ1v) is 21.8. The zero-order valence-corrected chi connectivity index (χ0v) is 36.2. The normalized spacial score (nSPS) is 20.1. The van der Waals surface area contributed by atoms with Gasteiger partial charge in [-0.2, -0.15) is 12.6 Å². The maximum Gasteiger partial charge on any atom is 0.246 e. The summed E-state index contributed by atoms with van der Waals surface area (Å²) in [6, 6.07) is -0.485. The topological polar surface area (TPSA) is 290 Å². The summed E-state index contributed by atoms with van der Waals surface area (Å²) in [6.45, 7) is 5.36. The van der Waals surface area contributed by atoms with Crippen molar-refractivity contribution in [2.75, 3.05) is 32.0 Å². The van der Waals surface area contributed by atoms with Gasteiger partial charge in [0.15, 0.2) is 0 Å². The van der Waals surface area contributed by atoms with E-state index in [0.717, 1.165) is 6.42 Å². The number of unbranched alkanes of at least 4 members (excludes halogenated alkanes) is 1. The van der Waals surface area contributed by atoms with E-state index in [-0.39, 0.29) is 30.4 Å². The predicted octanol–water partition coefficient (Wildman–Crippen LogP) is -2.44. The van der Waals surface area contributed by atoms with E-state index in [9.17, 15) is 48.6 Å². The Hall–Kier alpha value is -4.63. The molecule has 0 spiro atoms. The van der Waals surface area contributed by atoms with Gasteiger partial charge in [-0.3, -0.25) is 33.6 Å². The zero-order chi connectivity index (χ0) is 45.1. The van der Waals surface area contributed by atoms with Crippen molar-refractivity contribution in [3.63, 3.8) is 0 Å². The second-order valence-corrected chi connectivity index (χ2v) is 16.1. The van der Waals surface area contributed by atoms with Gasteiger partial charge < -0.3 is 62.9 Å². The van der Waals surface area contributed by atoms with Crippen LogP contribution in [0.4, 0.5) is 0 Å². The van der Waals surface area contributed by atoms with E-state index in [1.807, 2.05) is 6.92 Å². The Balaban J connectivity index is 1.76. The van der Waals surface area contributed by atoms with Gasteiger partial charge in [-0.1, -0.05) is 50.6 Å². The molecular weight excluding hydrogens is 811 g/mol. The first-order chi connectivity index (χ1) is 29.2. The number of hydrogen-bond donors (Lipinski definition) is 11. The molecule has 2 saturated heterocycles. The van der Waals surface area contributed by atoms with E-state index in [1.165, 1.54) is 11.8 Å². The first-order valence-electron chi connectivity index (χ1n) is 21.1. The molecule has 0 bridgehead atoms. The third-order valence-corrected chi connectivity index (χ3v) is 11.4. The zero-order valence-electron chi connectivity index (χ0n) is 35.3. The van der Waals surface area contributed by atoms with E-state index in [1.54, 1.807) is 37.3 Å². The number of nitrogens with zero attached hydrogens (tertiary/aromatic N) is 1. The Morgan fingerprint density at radius 3 is 2.05 bits per heavy atom. The van der Waals surface area contributed by atoms with Crippen LogP contribution in [0.5, 0.6) is 0 Å². The molecule has 1 aromatic rings. The third kappa shape index (κ3) is 15.3. The Kier molecular flexibility index (Phi) is 21.6. The Labute approximate surface area is 362 Å². The number of aliphatic hydroxyl groups excluding tert-OH is 2. The number of carbonyl (C=O) groups excluding carboxylic acids is 8. The Bertz CT molecular complexity index is 1630. The molecule has 7 amide bonds. The van der Waals surface area contributed by atoms with Crippen molar-refractivity contribution >= 4 is 60.3 Å². The van der Waals surface area contributed by atoms with Gasteiger partial charge >= 0.3 is 0 Å². The molecule has 0 aliphatic carbocycles. The van der Waals surface area contributed by atoms with Crippen molar-refractivity contribution in [2.24, 2.45) is 11.7 Å². The molecule has 0 saturated carbocycles. The average molecular weight is 876 g/mol. The lowest BCUT2D eigenvalue weighted by Gasteiger charge is -2.31. The number of nitrogens with two attached hydrogens (primary N) is 1. The number of benzene rings is 1. The predicted molar refractivity (Wildman–Crippen MR) is 229 cm³/mol. The first kappa shape index (κ1) is 50.7. The summed E-state index contributed by atoms with van der Waals surface area (Å²) in [5, 5.41) is 39.5. The summed E-state index contributed by atoms with van der Waals surface area (Å²) in [5.74, 6) is -5.67. The number of carbonyl (C=O) groups is 8. The van der Waals surface area contributed by atoms with Gasteiger partial charge in [-0.25, -0.2) is 0 Å². The van der Waals surface area contributed by atoms with E-state index in [2.05, 4.69) is 49.8 Å². The van der Waals surface area contributed by atoms with Crippen LogP contribution in [0.25, 0.3) is 0 Å². The molecule has 11 N–H and O–H groups in total. The van der Waals surface area contributed by atoms with Crippen molar-refractivity contribution in [3.8, 4) is 0 Å². The number of aldehydes is 1. The van der Waals surface area contributed by atoms with Gasteiger partial charge in [0.1, 0.15) is 42.5 Å². The van der Waals surface area contributed by atoms with Gasteiger partial charge in [0.25, 0.3) is 0 Å². The summed E-state index contributed by atoms with van der Waals surface area (Å²) in [5.41, 5.74) is 6.23. The van der Waals surface area contributed by atoms with Crippen LogP contribution < -0.4 is 43.0 Å². The molecule has 61 heavy (non-hydrogen) atoms. The molecular formula is C41H65N9O10S. The number of likely N-dealkylation sites (tertiary alicyclic amines) is 1. The highest BCUT2D eigenvalue weighted by Crippen LogP contribution is 2.20. The van der Waals surface area contributed by atoms with Crippen LogP contribution in [0.15, 0.2) is 30.3 Å². The highest BCUT2D eigenvalue weighted by Gasteiger charge is 2.38. The third-order valence-electron chi connectivity index (χ3n) is 11.1. The minimum atomic E-state index is -1.65. The van der Waals surface area contributed by atoms with E-state index in [0.29, 0.717) is 70.0 Å². The molecule has 340 valence electrons. The van der Waals surface area contributed by atoms with Crippen molar-refractivity contribution in [1.82, 2.24) is 42.1 Å². The summed E-state index contributed by atoms with van der Waals surface area (Å²) >= 11 is 4.23. The van der Waals surface area contributed by atoms with Gasteiger partial charge in [0.05, 0.1) is 24.8 Å². The highest BCUT2D eigenvalue weighted by molar-refractivity contribution is 7.80. The molecule has 0 aromatic heterocycles. The summed E-state index contributed by atoms with van der Waals surface area (Å²) < 4.78 is 0. The molecule has 19 nitrogen and oxygen atoms in total. The van der Waals surface area contributed by atoms with Crippen molar-refractivity contribution in [2.45, 2.75) is 133 Å². The smallest absolute Gasteiger partial charge is 0.246 e. The summed E-state index contributed by atoms with van der Waals surface area (Å²) in [6.07, 6.45) is 3.50. The number of aliphatic hydroxyl groups is 2. The molecule has 2 aliphatic rings. The standard InChI is InChI=1S/C41H65N9O10S/c1-4-24(2)33(41(60)50-19-11-14-27(50)21-51)48-38(57)31(22-52)46-37(56)30(20-26-12-6-5-7-13-26)45-40(59)34(25(3)53)49-39(58)32(23-61)47-36(55)29(15-8-9-17-42)44-35(54)28-16-10-18-43-28/h5-7,12-13,21,24-25,27-34,43,52-53,61H,4,8-11,14-20,22-23,42H2,1-3H3,(H,44,54)(H,45,59)(H,46,56)(H,47,55)(H,48,57)(H,49,58)/t24-,25+,27-,28-,29-,30-,31-,32-,33-,34-/m0/s1. The van der Waals surface area contributed by atoms with Gasteiger partial charge in [0.2, 0.25) is 41.4 Å². The van der Waals surface area contributed by atoms with E-state index >= 15 is 0 Å². The lowest BCUT2D eigenvalue weighted by Crippen LogP contribution is -2.62. The fourth-order valence-corrected chi connectivity index (χ4v) is 7.44.